The highest BCUT2D eigenvalue weighted by Crippen LogP contribution is 2.55. The average Bonchev–Trinajstić information content (AvgIpc) is 3.48. The summed E-state index contributed by atoms with van der Waals surface area (Å²) in [5.41, 5.74) is 7.96. The van der Waals surface area contributed by atoms with E-state index >= 15 is 0 Å². The molecule has 0 spiro atoms. The second-order valence-corrected chi connectivity index (χ2v) is 13.8. The Bertz CT molecular complexity index is 2190. The summed E-state index contributed by atoms with van der Waals surface area (Å²) >= 11 is 1.48. The second kappa shape index (κ2) is 14.8. The van der Waals surface area contributed by atoms with Crippen LogP contribution in [0.15, 0.2) is 83.2 Å². The first-order valence-electron chi connectivity index (χ1n) is 17.2. The van der Waals surface area contributed by atoms with Crippen LogP contribution >= 0.6 is 11.3 Å². The summed E-state index contributed by atoms with van der Waals surface area (Å²) in [6, 6.07) is 8.00. The van der Waals surface area contributed by atoms with Gasteiger partial charge in [0.1, 0.15) is 5.65 Å². The van der Waals surface area contributed by atoms with Crippen LogP contribution in [-0.2, 0) is 0 Å². The van der Waals surface area contributed by atoms with Crippen LogP contribution in [0.5, 0.6) is 0 Å². The van der Waals surface area contributed by atoms with Crippen molar-refractivity contribution in [1.82, 2.24) is 14.5 Å². The first kappa shape index (κ1) is 34.7. The van der Waals surface area contributed by atoms with Crippen LogP contribution in [0, 0.1) is 25.2 Å². The third-order valence-electron chi connectivity index (χ3n) is 9.47. The quantitative estimate of drug-likeness (QED) is 0.102. The smallest absolute Gasteiger partial charge is 0.263 e. The van der Waals surface area contributed by atoms with E-state index in [2.05, 4.69) is 47.8 Å². The second-order valence-electron chi connectivity index (χ2n) is 12.9. The molecule has 0 unspecified atom stereocenters. The fourth-order valence-electron chi connectivity index (χ4n) is 6.85. The standard InChI is InChI=1S/C37H33N4O3S.C5H8.H2/c1-5-6-9-20(2)26-17-31(43)34-33(28-16-27(26)28)30(19-45-34)23-12-14-24(15-13-23)39-37-38-18-29-21(3)32(22(4)42)36(44)41(35(29)40-37)25-10-7-8-11-25;1-3-5-4-2;/h5,12-19,25H,1-2,6-11H2,3-4H3,(H,38,39,40);1H,4-5H2,2H3;1H. The monoisotopic (exact) mass is 683 g/mol. The topological polar surface area (TPSA) is 94.0 Å². The van der Waals surface area contributed by atoms with Crippen molar-refractivity contribution in [3.05, 3.63) is 116 Å². The van der Waals surface area contributed by atoms with E-state index in [-0.39, 0.29) is 30.2 Å². The maximum atomic E-state index is 13.5. The first-order valence-corrected chi connectivity index (χ1v) is 18.1. The lowest BCUT2D eigenvalue weighted by Crippen LogP contribution is -2.30. The van der Waals surface area contributed by atoms with Crippen molar-refractivity contribution in [3.8, 4) is 23.5 Å². The molecule has 0 bridgehead atoms. The molecule has 1 fully saturated rings. The molecule has 0 aliphatic heterocycles. The number of Topliss-reactive ketones (excluding diaryl/α,β-unsaturated/α-hetero) is 1. The molecule has 0 saturated heterocycles. The van der Waals surface area contributed by atoms with E-state index in [1.165, 1.54) is 18.3 Å². The fourth-order valence-corrected chi connectivity index (χ4v) is 7.85. The Morgan fingerprint density at radius 3 is 2.58 bits per heavy atom. The zero-order chi connectivity index (χ0) is 35.5. The van der Waals surface area contributed by atoms with E-state index in [0.29, 0.717) is 22.5 Å². The summed E-state index contributed by atoms with van der Waals surface area (Å²) in [6.45, 7) is 13.3. The number of allylic oxidation sites excluding steroid dienone is 6. The number of nitrogens with zero attached hydrogens (tertiary/aromatic N) is 3. The number of anilines is 2. The molecule has 8 heteroatoms. The van der Waals surface area contributed by atoms with Gasteiger partial charge in [-0.05, 0) is 91.8 Å². The van der Waals surface area contributed by atoms with Crippen LogP contribution in [-0.4, -0.2) is 26.1 Å². The molecule has 7 nitrogen and oxygen atoms in total. The van der Waals surface area contributed by atoms with Gasteiger partial charge >= 0.3 is 0 Å². The molecule has 3 aromatic heterocycles. The number of rotatable bonds is 10. The van der Waals surface area contributed by atoms with Crippen LogP contribution < -0.4 is 10.9 Å². The number of aromatic nitrogens is 3. The van der Waals surface area contributed by atoms with Crippen molar-refractivity contribution in [2.45, 2.75) is 78.2 Å². The number of carbonyl (C=O) groups excluding carboxylic acids is 2. The number of terminal acetylenes is 1. The van der Waals surface area contributed by atoms with Crippen LogP contribution in [0.4, 0.5) is 11.6 Å². The molecule has 0 atom stereocenters. The maximum Gasteiger partial charge on any atom is 0.263 e. The third kappa shape index (κ3) is 6.71. The summed E-state index contributed by atoms with van der Waals surface area (Å²) in [4.78, 5) is 49.3. The Morgan fingerprint density at radius 2 is 1.94 bits per heavy atom. The molecule has 1 saturated carbocycles. The maximum absolute atomic E-state index is 13.5. The predicted octanol–water partition coefficient (Wildman–Crippen LogP) is 10.2. The number of nitrogens with one attached hydrogen (secondary N) is 1. The molecule has 3 heterocycles. The molecule has 0 amide bonds. The van der Waals surface area contributed by atoms with Crippen LogP contribution in [0.3, 0.4) is 0 Å². The Morgan fingerprint density at radius 1 is 1.20 bits per heavy atom. The van der Waals surface area contributed by atoms with Crippen molar-refractivity contribution < 1.29 is 11.0 Å². The highest BCUT2D eigenvalue weighted by Gasteiger charge is 2.39. The lowest BCUT2D eigenvalue weighted by Gasteiger charge is -2.19. The van der Waals surface area contributed by atoms with E-state index in [1.54, 1.807) is 23.8 Å². The van der Waals surface area contributed by atoms with Crippen molar-refractivity contribution in [2.75, 3.05) is 5.32 Å². The van der Waals surface area contributed by atoms with Crippen LogP contribution in [0.1, 0.15) is 104 Å². The molecule has 1 N–H and O–H groups in total. The van der Waals surface area contributed by atoms with Gasteiger partial charge in [-0.3, -0.25) is 19.0 Å². The van der Waals surface area contributed by atoms with Gasteiger partial charge in [-0.1, -0.05) is 56.2 Å². The molecule has 7 rings (SSSR count). The van der Waals surface area contributed by atoms with Gasteiger partial charge in [-0.25, -0.2) is 4.98 Å². The lowest BCUT2D eigenvalue weighted by atomic mass is 9.94. The molecule has 4 aromatic rings. The number of unbranched alkanes of at least 4 members (excludes halogenated alkanes) is 1. The Balaban J connectivity index is 0.000000787. The summed E-state index contributed by atoms with van der Waals surface area (Å²) in [5.74, 6) is 3.78. The number of carbonyl (C=O) groups is 2. The van der Waals surface area contributed by atoms with E-state index in [9.17, 15) is 14.4 Å². The summed E-state index contributed by atoms with van der Waals surface area (Å²) in [7, 11) is 0. The van der Waals surface area contributed by atoms with Gasteiger partial charge in [0.2, 0.25) is 5.95 Å². The van der Waals surface area contributed by atoms with Crippen LogP contribution in [0.25, 0.3) is 27.7 Å². The van der Waals surface area contributed by atoms with Gasteiger partial charge in [0.15, 0.2) is 11.6 Å². The zero-order valence-corrected chi connectivity index (χ0v) is 29.7. The van der Waals surface area contributed by atoms with E-state index in [0.717, 1.165) is 101 Å². The Kier molecular flexibility index (Phi) is 10.3. The molecule has 255 valence electrons. The molecule has 1 radical (unpaired) electrons. The zero-order valence-electron chi connectivity index (χ0n) is 28.9. The van der Waals surface area contributed by atoms with Gasteiger partial charge in [0.25, 0.3) is 5.56 Å². The Labute approximate surface area is 299 Å². The largest absolute Gasteiger partial charge is 0.324 e. The van der Waals surface area contributed by atoms with Crippen molar-refractivity contribution in [1.29, 1.82) is 0 Å². The number of ketones is 2. The lowest BCUT2D eigenvalue weighted by molar-refractivity contribution is 0.101. The first-order chi connectivity index (χ1) is 24.2. The number of hydrogen-bond acceptors (Lipinski definition) is 7. The van der Waals surface area contributed by atoms with E-state index in [1.807, 2.05) is 30.3 Å². The average molecular weight is 684 g/mol. The van der Waals surface area contributed by atoms with Gasteiger partial charge in [-0.2, -0.15) is 4.98 Å². The number of hydrogen-bond donors (Lipinski definition) is 1. The number of pyridine rings is 1. The molecule has 1 aromatic carbocycles. The van der Waals surface area contributed by atoms with Gasteiger partial charge in [-0.15, -0.1) is 30.3 Å². The van der Waals surface area contributed by atoms with E-state index < -0.39 is 0 Å². The molecular formula is C42H43N4O3S. The summed E-state index contributed by atoms with van der Waals surface area (Å²) in [5, 5.41) is 6.07. The summed E-state index contributed by atoms with van der Waals surface area (Å²) < 4.78 is 1.72. The van der Waals surface area contributed by atoms with Gasteiger partial charge in [0, 0.05) is 42.3 Å². The minimum atomic E-state index is -0.267. The van der Waals surface area contributed by atoms with E-state index in [4.69, 9.17) is 11.4 Å². The van der Waals surface area contributed by atoms with Crippen LogP contribution in [0.2, 0.25) is 0 Å². The number of aryl methyl sites for hydroxylation is 1. The predicted molar refractivity (Wildman–Crippen MR) is 207 cm³/mol. The number of benzene rings is 1. The minimum absolute atomic E-state index is 0. The number of thiophene rings is 1. The molecule has 3 aliphatic carbocycles. The molecular weight excluding hydrogens is 641 g/mol. The van der Waals surface area contributed by atoms with Gasteiger partial charge in [0.05, 0.1) is 16.4 Å². The number of fused-ring (bicyclic) bond motifs is 4. The SMILES string of the molecule is C#CCCC.C=CCCC(=C)C1=CC(=O)c2scc(-c3ccc(Nc4ncc5c(C)c(C(C)=O)c(=O)n(C6CCCC6)c5n4)cc3)c2C2=C[C]12.[HH]. The molecule has 3 aliphatic rings. The third-order valence-corrected chi connectivity index (χ3v) is 10.5. The van der Waals surface area contributed by atoms with Crippen molar-refractivity contribution in [3.63, 3.8) is 0 Å². The minimum Gasteiger partial charge on any atom is -0.324 e. The van der Waals surface area contributed by atoms with Crippen molar-refractivity contribution in [2.24, 2.45) is 0 Å². The highest BCUT2D eigenvalue weighted by atomic mass is 32.1. The highest BCUT2D eigenvalue weighted by molar-refractivity contribution is 7.13. The normalized spacial score (nSPS) is 15.1. The molecule has 50 heavy (non-hydrogen) atoms. The Hall–Kier alpha value is -5.13. The van der Waals surface area contributed by atoms with Crippen molar-refractivity contribution >= 4 is 51.1 Å². The summed E-state index contributed by atoms with van der Waals surface area (Å²) in [6.07, 6.45) is 19.8. The van der Waals surface area contributed by atoms with Gasteiger partial charge < -0.3 is 5.32 Å². The fraction of sp³-hybridized carbons (Fsp3) is 0.286.